The largest absolute Gasteiger partial charge is 0.497 e. The Kier molecular flexibility index (Phi) is 4.32. The van der Waals surface area contributed by atoms with Gasteiger partial charge in [-0.25, -0.2) is 4.39 Å². The molecule has 0 fully saturated rings. The number of para-hydroxylation sites is 1. The third-order valence-corrected chi connectivity index (χ3v) is 4.90. The molecule has 0 radical (unpaired) electrons. The number of fused-ring (bicyclic) bond motifs is 1. The molecule has 0 aliphatic carbocycles. The summed E-state index contributed by atoms with van der Waals surface area (Å²) < 4.78 is 26.7. The van der Waals surface area contributed by atoms with E-state index in [4.69, 9.17) is 9.47 Å². The molecule has 1 heterocycles. The first-order valence-electron chi connectivity index (χ1n) is 8.69. The molecule has 4 rings (SSSR count). The zero-order chi connectivity index (χ0) is 19.0. The van der Waals surface area contributed by atoms with Crippen LogP contribution in [0.3, 0.4) is 0 Å². The molecule has 136 valence electrons. The fourth-order valence-electron chi connectivity index (χ4n) is 3.62. The maximum absolute atomic E-state index is 13.5. The first-order valence-corrected chi connectivity index (χ1v) is 8.69. The van der Waals surface area contributed by atoms with Gasteiger partial charge in [0.2, 0.25) is 0 Å². The SMILES string of the molecule is COc1ccc(OC)c(-c2c(-c3ccc(F)cc3)c3ccccc3n2C)c1. The summed E-state index contributed by atoms with van der Waals surface area (Å²) in [7, 11) is 5.34. The molecule has 0 unspecified atom stereocenters. The zero-order valence-corrected chi connectivity index (χ0v) is 15.5. The Balaban J connectivity index is 2.11. The van der Waals surface area contributed by atoms with Gasteiger partial charge in [0, 0.05) is 29.1 Å². The van der Waals surface area contributed by atoms with E-state index in [1.54, 1.807) is 14.2 Å². The lowest BCUT2D eigenvalue weighted by molar-refractivity contribution is 0.404. The molecule has 1 aromatic heterocycles. The van der Waals surface area contributed by atoms with Crippen LogP contribution in [0.1, 0.15) is 0 Å². The second-order valence-electron chi connectivity index (χ2n) is 6.37. The Labute approximate surface area is 157 Å². The number of rotatable bonds is 4. The fourth-order valence-corrected chi connectivity index (χ4v) is 3.62. The van der Waals surface area contributed by atoms with Crippen molar-refractivity contribution < 1.29 is 13.9 Å². The third-order valence-electron chi connectivity index (χ3n) is 4.90. The highest BCUT2D eigenvalue weighted by atomic mass is 19.1. The van der Waals surface area contributed by atoms with E-state index in [0.717, 1.165) is 44.8 Å². The van der Waals surface area contributed by atoms with Gasteiger partial charge in [-0.2, -0.15) is 0 Å². The minimum absolute atomic E-state index is 0.250. The molecule has 3 aromatic carbocycles. The van der Waals surface area contributed by atoms with E-state index in [2.05, 4.69) is 16.7 Å². The normalized spacial score (nSPS) is 11.0. The van der Waals surface area contributed by atoms with Gasteiger partial charge < -0.3 is 14.0 Å². The van der Waals surface area contributed by atoms with E-state index in [1.165, 1.54) is 12.1 Å². The number of halogens is 1. The van der Waals surface area contributed by atoms with E-state index in [9.17, 15) is 4.39 Å². The minimum atomic E-state index is -0.250. The Bertz CT molecular complexity index is 1110. The van der Waals surface area contributed by atoms with Crippen LogP contribution in [-0.2, 0) is 7.05 Å². The van der Waals surface area contributed by atoms with Crippen molar-refractivity contribution >= 4 is 10.9 Å². The molecule has 0 N–H and O–H groups in total. The number of hydrogen-bond donors (Lipinski definition) is 0. The zero-order valence-electron chi connectivity index (χ0n) is 15.5. The van der Waals surface area contributed by atoms with Crippen LogP contribution in [-0.4, -0.2) is 18.8 Å². The first-order chi connectivity index (χ1) is 13.1. The molecule has 4 aromatic rings. The van der Waals surface area contributed by atoms with Gasteiger partial charge in [-0.05, 0) is 42.0 Å². The topological polar surface area (TPSA) is 23.4 Å². The summed E-state index contributed by atoms with van der Waals surface area (Å²) in [4.78, 5) is 0. The van der Waals surface area contributed by atoms with Gasteiger partial charge >= 0.3 is 0 Å². The van der Waals surface area contributed by atoms with Gasteiger partial charge in [-0.15, -0.1) is 0 Å². The second-order valence-corrected chi connectivity index (χ2v) is 6.37. The van der Waals surface area contributed by atoms with Gasteiger partial charge in [0.05, 0.1) is 19.9 Å². The van der Waals surface area contributed by atoms with Gasteiger partial charge in [0.25, 0.3) is 0 Å². The number of aryl methyl sites for hydroxylation is 1. The summed E-state index contributed by atoms with van der Waals surface area (Å²) in [5.41, 5.74) is 5.01. The van der Waals surface area contributed by atoms with Gasteiger partial charge in [0.15, 0.2) is 0 Å². The summed E-state index contributed by atoms with van der Waals surface area (Å²) in [6.45, 7) is 0. The summed E-state index contributed by atoms with van der Waals surface area (Å²) in [5.74, 6) is 1.26. The lowest BCUT2D eigenvalue weighted by Gasteiger charge is -2.14. The summed E-state index contributed by atoms with van der Waals surface area (Å²) in [5, 5.41) is 1.10. The van der Waals surface area contributed by atoms with Crippen molar-refractivity contribution in [2.24, 2.45) is 7.05 Å². The third kappa shape index (κ3) is 2.83. The molecule has 0 amide bonds. The van der Waals surface area contributed by atoms with Crippen molar-refractivity contribution in [3.05, 3.63) is 72.5 Å². The van der Waals surface area contributed by atoms with Crippen molar-refractivity contribution in [2.75, 3.05) is 14.2 Å². The summed E-state index contributed by atoms with van der Waals surface area (Å²) in [6, 6.07) is 20.6. The van der Waals surface area contributed by atoms with Crippen LogP contribution in [0.2, 0.25) is 0 Å². The van der Waals surface area contributed by atoms with Crippen LogP contribution >= 0.6 is 0 Å². The average molecular weight is 361 g/mol. The van der Waals surface area contributed by atoms with Crippen molar-refractivity contribution in [2.45, 2.75) is 0 Å². The van der Waals surface area contributed by atoms with E-state index in [-0.39, 0.29) is 5.82 Å². The second kappa shape index (κ2) is 6.80. The van der Waals surface area contributed by atoms with Crippen LogP contribution in [0.15, 0.2) is 66.7 Å². The summed E-state index contributed by atoms with van der Waals surface area (Å²) >= 11 is 0. The molecule has 0 bridgehead atoms. The number of aromatic nitrogens is 1. The Morgan fingerprint density at radius 2 is 1.59 bits per heavy atom. The maximum Gasteiger partial charge on any atom is 0.128 e. The maximum atomic E-state index is 13.5. The molecule has 3 nitrogen and oxygen atoms in total. The number of nitrogens with zero attached hydrogens (tertiary/aromatic N) is 1. The van der Waals surface area contributed by atoms with E-state index in [0.29, 0.717) is 0 Å². The Morgan fingerprint density at radius 1 is 0.852 bits per heavy atom. The standard InChI is InChI=1S/C23H20FNO2/c1-25-20-7-5-4-6-18(20)22(15-8-10-16(24)11-9-15)23(25)19-14-17(26-2)12-13-21(19)27-3/h4-14H,1-3H3. The monoisotopic (exact) mass is 361 g/mol. The van der Waals surface area contributed by atoms with Crippen LogP contribution in [0, 0.1) is 5.82 Å². The predicted octanol–water partition coefficient (Wildman–Crippen LogP) is 5.67. The number of benzene rings is 3. The predicted molar refractivity (Wildman–Crippen MR) is 107 cm³/mol. The highest BCUT2D eigenvalue weighted by Crippen LogP contribution is 2.44. The molecular weight excluding hydrogens is 341 g/mol. The van der Waals surface area contributed by atoms with E-state index >= 15 is 0 Å². The van der Waals surface area contributed by atoms with Gasteiger partial charge in [-0.3, -0.25) is 0 Å². The molecule has 0 saturated carbocycles. The molecule has 4 heteroatoms. The van der Waals surface area contributed by atoms with E-state index in [1.807, 2.05) is 49.5 Å². The Hall–Kier alpha value is -3.27. The minimum Gasteiger partial charge on any atom is -0.497 e. The highest BCUT2D eigenvalue weighted by Gasteiger charge is 2.21. The molecule has 27 heavy (non-hydrogen) atoms. The van der Waals surface area contributed by atoms with Crippen LogP contribution < -0.4 is 9.47 Å². The molecule has 0 atom stereocenters. The van der Waals surface area contributed by atoms with Crippen LogP contribution in [0.25, 0.3) is 33.3 Å². The quantitative estimate of drug-likeness (QED) is 0.468. The molecule has 0 aliphatic rings. The fraction of sp³-hybridized carbons (Fsp3) is 0.130. The average Bonchev–Trinajstić information content (AvgIpc) is 3.01. The lowest BCUT2D eigenvalue weighted by Crippen LogP contribution is -1.97. The smallest absolute Gasteiger partial charge is 0.128 e. The summed E-state index contributed by atoms with van der Waals surface area (Å²) in [6.07, 6.45) is 0. The number of ether oxygens (including phenoxy) is 2. The van der Waals surface area contributed by atoms with Crippen molar-refractivity contribution in [1.82, 2.24) is 4.57 Å². The van der Waals surface area contributed by atoms with E-state index < -0.39 is 0 Å². The first kappa shape index (κ1) is 17.2. The van der Waals surface area contributed by atoms with Crippen molar-refractivity contribution in [3.63, 3.8) is 0 Å². The number of hydrogen-bond acceptors (Lipinski definition) is 2. The number of methoxy groups -OCH3 is 2. The van der Waals surface area contributed by atoms with Gasteiger partial charge in [-0.1, -0.05) is 30.3 Å². The molecule has 0 spiro atoms. The van der Waals surface area contributed by atoms with Crippen molar-refractivity contribution in [1.29, 1.82) is 0 Å². The Morgan fingerprint density at radius 3 is 2.30 bits per heavy atom. The molecular formula is C23H20FNO2. The molecule has 0 saturated heterocycles. The van der Waals surface area contributed by atoms with Crippen LogP contribution in [0.5, 0.6) is 11.5 Å². The van der Waals surface area contributed by atoms with Gasteiger partial charge in [0.1, 0.15) is 17.3 Å². The lowest BCUT2D eigenvalue weighted by atomic mass is 9.97. The van der Waals surface area contributed by atoms with Crippen LogP contribution in [0.4, 0.5) is 4.39 Å². The molecule has 0 aliphatic heterocycles. The highest BCUT2D eigenvalue weighted by molar-refractivity contribution is 6.05. The van der Waals surface area contributed by atoms with Crippen molar-refractivity contribution in [3.8, 4) is 33.9 Å².